The predicted molar refractivity (Wildman–Crippen MR) is 104 cm³/mol. The van der Waals surface area contributed by atoms with Crippen LogP contribution in [0.3, 0.4) is 0 Å². The molecule has 0 aromatic carbocycles. The van der Waals surface area contributed by atoms with Gasteiger partial charge in [-0.05, 0) is 45.0 Å². The first kappa shape index (κ1) is 18.8. The Labute approximate surface area is 166 Å². The van der Waals surface area contributed by atoms with E-state index in [1.54, 1.807) is 23.1 Å². The van der Waals surface area contributed by atoms with E-state index in [4.69, 9.17) is 10.2 Å². The van der Waals surface area contributed by atoms with Crippen LogP contribution in [0.5, 0.6) is 0 Å². The van der Waals surface area contributed by atoms with Crippen molar-refractivity contribution in [1.29, 1.82) is 0 Å². The normalized spacial score (nSPS) is 14.7. The minimum absolute atomic E-state index is 0.0189. The van der Waals surface area contributed by atoms with Gasteiger partial charge in [0, 0.05) is 23.7 Å². The molecule has 4 rings (SSSR count). The van der Waals surface area contributed by atoms with E-state index in [2.05, 4.69) is 25.7 Å². The number of nitrogens with two attached hydrogens (primary N) is 1. The molecule has 0 atom stereocenters. The number of oxazole rings is 1. The van der Waals surface area contributed by atoms with Gasteiger partial charge in [-0.3, -0.25) is 19.3 Å². The second-order valence-electron chi connectivity index (χ2n) is 6.89. The van der Waals surface area contributed by atoms with Crippen molar-refractivity contribution in [2.75, 3.05) is 18.4 Å². The average Bonchev–Trinajstić information content (AvgIpc) is 3.36. The van der Waals surface area contributed by atoms with Crippen LogP contribution < -0.4 is 16.4 Å². The van der Waals surface area contributed by atoms with Crippen LogP contribution in [0, 0.1) is 6.92 Å². The number of aryl methyl sites for hydroxylation is 1. The summed E-state index contributed by atoms with van der Waals surface area (Å²) in [4.78, 5) is 32.8. The van der Waals surface area contributed by atoms with Gasteiger partial charge in [0.1, 0.15) is 6.26 Å². The number of anilines is 1. The molecular formula is C19H21N7O3. The maximum atomic E-state index is 12.6. The van der Waals surface area contributed by atoms with Crippen LogP contribution in [0.4, 0.5) is 5.69 Å². The lowest BCUT2D eigenvalue weighted by molar-refractivity contribution is 0.0995. The van der Waals surface area contributed by atoms with Gasteiger partial charge in [0.2, 0.25) is 5.89 Å². The molecule has 0 unspecified atom stereocenters. The Morgan fingerprint density at radius 2 is 2.14 bits per heavy atom. The summed E-state index contributed by atoms with van der Waals surface area (Å²) >= 11 is 0. The Morgan fingerprint density at radius 3 is 2.86 bits per heavy atom. The number of primary amides is 1. The fourth-order valence-electron chi connectivity index (χ4n) is 3.30. The third-order valence-corrected chi connectivity index (χ3v) is 4.78. The number of hydrogen-bond donors (Lipinski definition) is 3. The number of hydrogen-bond acceptors (Lipinski definition) is 7. The number of carbonyl (C=O) groups is 2. The number of nitrogens with one attached hydrogen (secondary N) is 2. The summed E-state index contributed by atoms with van der Waals surface area (Å²) in [5.74, 6) is -0.916. The number of aromatic nitrogens is 4. The molecule has 4 N–H and O–H groups in total. The maximum Gasteiger partial charge on any atom is 0.277 e. The topological polar surface area (TPSA) is 141 Å². The number of piperidine rings is 1. The molecule has 1 saturated heterocycles. The minimum atomic E-state index is -0.707. The quantitative estimate of drug-likeness (QED) is 0.595. The average molecular weight is 395 g/mol. The molecule has 0 radical (unpaired) electrons. The van der Waals surface area contributed by atoms with Crippen molar-refractivity contribution in [3.05, 3.63) is 47.9 Å². The van der Waals surface area contributed by atoms with E-state index in [9.17, 15) is 9.59 Å². The molecule has 0 bridgehead atoms. The molecule has 1 aliphatic heterocycles. The van der Waals surface area contributed by atoms with Crippen molar-refractivity contribution in [1.82, 2.24) is 25.1 Å². The Bertz CT molecular complexity index is 1050. The molecule has 0 saturated carbocycles. The molecule has 29 heavy (non-hydrogen) atoms. The highest BCUT2D eigenvalue weighted by atomic mass is 16.3. The minimum Gasteiger partial charge on any atom is -0.444 e. The van der Waals surface area contributed by atoms with E-state index in [0.29, 0.717) is 11.5 Å². The third-order valence-electron chi connectivity index (χ3n) is 4.78. The summed E-state index contributed by atoms with van der Waals surface area (Å²) in [6.07, 6.45) is 6.31. The molecule has 4 heterocycles. The van der Waals surface area contributed by atoms with Gasteiger partial charge in [0.25, 0.3) is 11.8 Å². The molecule has 0 spiro atoms. The van der Waals surface area contributed by atoms with E-state index in [1.807, 2.05) is 13.0 Å². The number of carbonyl (C=O) groups excluding carboxylic acids is 2. The van der Waals surface area contributed by atoms with E-state index >= 15 is 0 Å². The van der Waals surface area contributed by atoms with Crippen molar-refractivity contribution in [3.63, 3.8) is 0 Å². The largest absolute Gasteiger partial charge is 0.444 e. The molecule has 10 heteroatoms. The zero-order valence-electron chi connectivity index (χ0n) is 15.9. The van der Waals surface area contributed by atoms with Crippen LogP contribution in [-0.2, 0) is 0 Å². The first-order valence-electron chi connectivity index (χ1n) is 9.31. The van der Waals surface area contributed by atoms with Gasteiger partial charge >= 0.3 is 0 Å². The lowest BCUT2D eigenvalue weighted by Crippen LogP contribution is -2.29. The standard InChI is InChI=1S/C19H21N7O3/c1-11-8-12(2-7-22-11)19-24-15(10-29-19)18(28)23-14-9-26(25-16(14)17(20)27)13-3-5-21-6-4-13/h2,7-10,13,21H,3-6H2,1H3,(H2,20,27)(H,23,28). The molecule has 0 aliphatic carbocycles. The molecule has 10 nitrogen and oxygen atoms in total. The molecule has 1 fully saturated rings. The van der Waals surface area contributed by atoms with Crippen LogP contribution in [0.25, 0.3) is 11.5 Å². The Hall–Kier alpha value is -3.53. The van der Waals surface area contributed by atoms with Crippen LogP contribution in [0.15, 0.2) is 35.2 Å². The molecule has 150 valence electrons. The highest BCUT2D eigenvalue weighted by molar-refractivity contribution is 6.07. The summed E-state index contributed by atoms with van der Waals surface area (Å²) in [6, 6.07) is 3.70. The summed E-state index contributed by atoms with van der Waals surface area (Å²) in [7, 11) is 0. The Morgan fingerprint density at radius 1 is 1.34 bits per heavy atom. The highest BCUT2D eigenvalue weighted by Gasteiger charge is 2.23. The number of amides is 2. The maximum absolute atomic E-state index is 12.6. The SMILES string of the molecule is Cc1cc(-c2nc(C(=O)Nc3cn(C4CCNCC4)nc3C(N)=O)co2)ccn1. The third kappa shape index (κ3) is 4.02. The molecular weight excluding hydrogens is 374 g/mol. The molecule has 1 aliphatic rings. The van der Waals surface area contributed by atoms with Crippen LogP contribution >= 0.6 is 0 Å². The van der Waals surface area contributed by atoms with Gasteiger partial charge in [-0.15, -0.1) is 0 Å². The monoisotopic (exact) mass is 395 g/mol. The summed E-state index contributed by atoms with van der Waals surface area (Å²) in [6.45, 7) is 3.59. The van der Waals surface area contributed by atoms with Gasteiger partial charge in [-0.1, -0.05) is 0 Å². The summed E-state index contributed by atoms with van der Waals surface area (Å²) in [5, 5.41) is 10.2. The highest BCUT2D eigenvalue weighted by Crippen LogP contribution is 2.24. The van der Waals surface area contributed by atoms with Gasteiger partial charge in [0.15, 0.2) is 11.4 Å². The van der Waals surface area contributed by atoms with E-state index < -0.39 is 11.8 Å². The smallest absolute Gasteiger partial charge is 0.277 e. The van der Waals surface area contributed by atoms with Crippen molar-refractivity contribution >= 4 is 17.5 Å². The van der Waals surface area contributed by atoms with Gasteiger partial charge < -0.3 is 20.8 Å². The van der Waals surface area contributed by atoms with Crippen molar-refractivity contribution in [2.45, 2.75) is 25.8 Å². The van der Waals surface area contributed by atoms with Gasteiger partial charge in [-0.25, -0.2) is 4.98 Å². The Kier molecular flexibility index (Phi) is 5.09. The fourth-order valence-corrected chi connectivity index (χ4v) is 3.30. The Balaban J connectivity index is 1.55. The number of nitrogens with zero attached hydrogens (tertiary/aromatic N) is 4. The van der Waals surface area contributed by atoms with Crippen LogP contribution in [0.1, 0.15) is 45.6 Å². The zero-order valence-corrected chi connectivity index (χ0v) is 15.9. The van der Waals surface area contributed by atoms with Crippen molar-refractivity contribution in [3.8, 4) is 11.5 Å². The first-order valence-corrected chi connectivity index (χ1v) is 9.31. The molecule has 2 amide bonds. The predicted octanol–water partition coefficient (Wildman–Crippen LogP) is 1.52. The van der Waals surface area contributed by atoms with E-state index in [0.717, 1.165) is 31.6 Å². The molecule has 3 aromatic heterocycles. The van der Waals surface area contributed by atoms with Crippen LogP contribution in [0.2, 0.25) is 0 Å². The second kappa shape index (κ2) is 7.84. The fraction of sp³-hybridized carbons (Fsp3) is 0.316. The zero-order chi connectivity index (χ0) is 20.4. The molecule has 3 aromatic rings. The number of rotatable bonds is 5. The summed E-state index contributed by atoms with van der Waals surface area (Å²) in [5.41, 5.74) is 7.33. The summed E-state index contributed by atoms with van der Waals surface area (Å²) < 4.78 is 7.12. The van der Waals surface area contributed by atoms with Crippen LogP contribution in [-0.4, -0.2) is 44.7 Å². The van der Waals surface area contributed by atoms with Gasteiger partial charge in [0.05, 0.1) is 11.7 Å². The van der Waals surface area contributed by atoms with Gasteiger partial charge in [-0.2, -0.15) is 5.10 Å². The lowest BCUT2D eigenvalue weighted by Gasteiger charge is -2.22. The van der Waals surface area contributed by atoms with E-state index in [1.165, 1.54) is 6.26 Å². The first-order chi connectivity index (χ1) is 14.0. The van der Waals surface area contributed by atoms with E-state index in [-0.39, 0.29) is 23.1 Å². The lowest BCUT2D eigenvalue weighted by atomic mass is 10.1. The van der Waals surface area contributed by atoms with Crippen molar-refractivity contribution in [2.24, 2.45) is 5.73 Å². The second-order valence-corrected chi connectivity index (χ2v) is 6.89. The van der Waals surface area contributed by atoms with Crippen molar-refractivity contribution < 1.29 is 14.0 Å². The number of pyridine rings is 1.